The SMILES string of the molecule is C[C@@H](Sc1nnc(C2CC2)o1)C(=O)NC(=O)NC1CCCCC1. The second kappa shape index (κ2) is 7.33. The monoisotopic (exact) mass is 338 g/mol. The van der Waals surface area contributed by atoms with E-state index in [0.29, 0.717) is 17.0 Å². The molecule has 1 atom stereocenters. The molecule has 2 N–H and O–H groups in total. The largest absolute Gasteiger partial charge is 0.416 e. The molecule has 0 aliphatic heterocycles. The predicted octanol–water partition coefficient (Wildman–Crippen LogP) is 2.59. The van der Waals surface area contributed by atoms with Crippen LogP contribution in [0, 0.1) is 0 Å². The number of carbonyl (C=O) groups is 2. The number of hydrogen-bond acceptors (Lipinski definition) is 6. The fourth-order valence-electron chi connectivity index (χ4n) is 2.65. The Morgan fingerprint density at radius 2 is 1.91 bits per heavy atom. The van der Waals surface area contributed by atoms with Gasteiger partial charge in [-0.25, -0.2) is 4.79 Å². The lowest BCUT2D eigenvalue weighted by atomic mass is 9.96. The molecule has 0 aromatic carbocycles. The minimum absolute atomic E-state index is 0.177. The first-order valence-electron chi connectivity index (χ1n) is 8.23. The fraction of sp³-hybridized carbons (Fsp3) is 0.733. The maximum absolute atomic E-state index is 12.1. The lowest BCUT2D eigenvalue weighted by Gasteiger charge is -2.22. The molecule has 0 bridgehead atoms. The molecular weight excluding hydrogens is 316 g/mol. The molecule has 3 rings (SSSR count). The average molecular weight is 338 g/mol. The van der Waals surface area contributed by atoms with Gasteiger partial charge >= 0.3 is 6.03 Å². The summed E-state index contributed by atoms with van der Waals surface area (Å²) in [5, 5.41) is 13.1. The van der Waals surface area contributed by atoms with E-state index in [1.165, 1.54) is 18.2 Å². The zero-order valence-electron chi connectivity index (χ0n) is 13.2. The number of carbonyl (C=O) groups excluding carboxylic acids is 2. The van der Waals surface area contributed by atoms with E-state index in [0.717, 1.165) is 38.5 Å². The van der Waals surface area contributed by atoms with E-state index in [1.54, 1.807) is 6.92 Å². The van der Waals surface area contributed by atoms with Crippen molar-refractivity contribution >= 4 is 23.7 Å². The van der Waals surface area contributed by atoms with Crippen LogP contribution in [0.2, 0.25) is 0 Å². The first-order chi connectivity index (χ1) is 11.1. The molecule has 8 heteroatoms. The Labute approximate surface area is 139 Å². The molecule has 2 aliphatic rings. The van der Waals surface area contributed by atoms with Crippen LogP contribution in [0.5, 0.6) is 0 Å². The van der Waals surface area contributed by atoms with Gasteiger partial charge in [0.2, 0.25) is 11.8 Å². The number of imide groups is 1. The van der Waals surface area contributed by atoms with Crippen molar-refractivity contribution in [2.45, 2.75) is 74.3 Å². The van der Waals surface area contributed by atoms with Crippen LogP contribution in [-0.2, 0) is 4.79 Å². The van der Waals surface area contributed by atoms with Crippen LogP contribution in [0.3, 0.4) is 0 Å². The molecule has 2 saturated carbocycles. The molecule has 0 unspecified atom stereocenters. The Bertz CT molecular complexity index is 567. The maximum atomic E-state index is 12.1. The van der Waals surface area contributed by atoms with E-state index < -0.39 is 11.3 Å². The molecule has 1 heterocycles. The molecule has 2 fully saturated rings. The maximum Gasteiger partial charge on any atom is 0.321 e. The molecular formula is C15H22N4O3S. The van der Waals surface area contributed by atoms with Crippen molar-refractivity contribution in [3.63, 3.8) is 0 Å². The lowest BCUT2D eigenvalue weighted by Crippen LogP contribution is -2.47. The molecule has 1 aromatic heterocycles. The molecule has 2 aliphatic carbocycles. The van der Waals surface area contributed by atoms with Gasteiger partial charge in [0, 0.05) is 12.0 Å². The summed E-state index contributed by atoms with van der Waals surface area (Å²) in [5.74, 6) is 0.687. The number of thioether (sulfide) groups is 1. The van der Waals surface area contributed by atoms with E-state index >= 15 is 0 Å². The van der Waals surface area contributed by atoms with E-state index in [-0.39, 0.29) is 11.9 Å². The third-order valence-electron chi connectivity index (χ3n) is 4.17. The van der Waals surface area contributed by atoms with Gasteiger partial charge in [0.25, 0.3) is 5.22 Å². The van der Waals surface area contributed by atoms with Crippen LogP contribution >= 0.6 is 11.8 Å². The second-order valence-electron chi connectivity index (χ2n) is 6.24. The number of nitrogens with one attached hydrogen (secondary N) is 2. The number of urea groups is 1. The third kappa shape index (κ3) is 4.70. The first kappa shape index (κ1) is 16.3. The topological polar surface area (TPSA) is 97.1 Å². The van der Waals surface area contributed by atoms with Gasteiger partial charge < -0.3 is 9.73 Å². The minimum atomic E-state index is -0.473. The van der Waals surface area contributed by atoms with Crippen LogP contribution < -0.4 is 10.6 Å². The number of rotatable bonds is 5. The van der Waals surface area contributed by atoms with Crippen molar-refractivity contribution in [2.75, 3.05) is 0 Å². The van der Waals surface area contributed by atoms with Gasteiger partial charge in [-0.15, -0.1) is 10.2 Å². The summed E-state index contributed by atoms with van der Waals surface area (Å²) >= 11 is 1.17. The molecule has 7 nitrogen and oxygen atoms in total. The van der Waals surface area contributed by atoms with Crippen molar-refractivity contribution < 1.29 is 14.0 Å². The average Bonchev–Trinajstić information content (AvgIpc) is 3.28. The number of nitrogens with zero attached hydrogens (tertiary/aromatic N) is 2. The zero-order chi connectivity index (χ0) is 16.2. The van der Waals surface area contributed by atoms with Gasteiger partial charge in [0.1, 0.15) is 0 Å². The van der Waals surface area contributed by atoms with Crippen molar-refractivity contribution in [3.8, 4) is 0 Å². The summed E-state index contributed by atoms with van der Waals surface area (Å²) in [5.41, 5.74) is 0. The van der Waals surface area contributed by atoms with E-state index in [2.05, 4.69) is 20.8 Å². The second-order valence-corrected chi connectivity index (χ2v) is 7.53. The Kier molecular flexibility index (Phi) is 5.20. The first-order valence-corrected chi connectivity index (χ1v) is 9.11. The summed E-state index contributed by atoms with van der Waals surface area (Å²) in [6.45, 7) is 1.72. The molecule has 126 valence electrons. The molecule has 1 aromatic rings. The predicted molar refractivity (Wildman–Crippen MR) is 85.1 cm³/mol. The van der Waals surface area contributed by atoms with Crippen molar-refractivity contribution in [2.24, 2.45) is 0 Å². The van der Waals surface area contributed by atoms with Gasteiger partial charge in [0.15, 0.2) is 0 Å². The number of hydrogen-bond donors (Lipinski definition) is 2. The lowest BCUT2D eigenvalue weighted by molar-refractivity contribution is -0.119. The van der Waals surface area contributed by atoms with Crippen molar-refractivity contribution in [3.05, 3.63) is 5.89 Å². The summed E-state index contributed by atoms with van der Waals surface area (Å²) in [4.78, 5) is 23.9. The van der Waals surface area contributed by atoms with Gasteiger partial charge in [-0.3, -0.25) is 10.1 Å². The Morgan fingerprint density at radius 3 is 2.61 bits per heavy atom. The summed E-state index contributed by atoms with van der Waals surface area (Å²) in [6, 6.07) is -0.241. The summed E-state index contributed by atoms with van der Waals surface area (Å²) < 4.78 is 5.52. The number of amides is 3. The summed E-state index contributed by atoms with van der Waals surface area (Å²) in [6.07, 6.45) is 7.62. The normalized spacial score (nSPS) is 20.0. The molecule has 0 saturated heterocycles. The molecule has 3 amide bonds. The van der Waals surface area contributed by atoms with Crippen LogP contribution in [0.25, 0.3) is 0 Å². The highest BCUT2D eigenvalue weighted by atomic mass is 32.2. The van der Waals surface area contributed by atoms with E-state index in [9.17, 15) is 9.59 Å². The Hall–Kier alpha value is -1.57. The van der Waals surface area contributed by atoms with Crippen LogP contribution in [0.1, 0.15) is 63.7 Å². The van der Waals surface area contributed by atoms with E-state index in [4.69, 9.17) is 4.42 Å². The zero-order valence-corrected chi connectivity index (χ0v) is 14.0. The smallest absolute Gasteiger partial charge is 0.321 e. The molecule has 23 heavy (non-hydrogen) atoms. The van der Waals surface area contributed by atoms with Gasteiger partial charge in [0.05, 0.1) is 5.25 Å². The van der Waals surface area contributed by atoms with Crippen LogP contribution in [-0.4, -0.2) is 33.4 Å². The standard InChI is InChI=1S/C15H22N4O3S/c1-9(23-15-19-18-13(22-15)10-7-8-10)12(20)17-14(21)16-11-5-3-2-4-6-11/h9-11H,2-8H2,1H3,(H2,16,17,20,21)/t9-/m1/s1. The number of aromatic nitrogens is 2. The van der Waals surface area contributed by atoms with Crippen molar-refractivity contribution in [1.29, 1.82) is 0 Å². The van der Waals surface area contributed by atoms with Gasteiger partial charge in [-0.1, -0.05) is 31.0 Å². The third-order valence-corrected chi connectivity index (χ3v) is 5.11. The highest BCUT2D eigenvalue weighted by Crippen LogP contribution is 2.40. The van der Waals surface area contributed by atoms with Gasteiger partial charge in [-0.2, -0.15) is 0 Å². The fourth-order valence-corrected chi connectivity index (χ4v) is 3.34. The quantitative estimate of drug-likeness (QED) is 0.801. The summed E-state index contributed by atoms with van der Waals surface area (Å²) in [7, 11) is 0. The van der Waals surface area contributed by atoms with E-state index in [1.807, 2.05) is 0 Å². The van der Waals surface area contributed by atoms with Crippen molar-refractivity contribution in [1.82, 2.24) is 20.8 Å². The Morgan fingerprint density at radius 1 is 1.17 bits per heavy atom. The minimum Gasteiger partial charge on any atom is -0.416 e. The van der Waals surface area contributed by atoms with Gasteiger partial charge in [-0.05, 0) is 32.6 Å². The highest BCUT2D eigenvalue weighted by Gasteiger charge is 2.30. The van der Waals surface area contributed by atoms with Crippen LogP contribution in [0.15, 0.2) is 9.64 Å². The van der Waals surface area contributed by atoms with Crippen LogP contribution in [0.4, 0.5) is 4.79 Å². The molecule has 0 spiro atoms. The Balaban J connectivity index is 1.43. The highest BCUT2D eigenvalue weighted by molar-refractivity contribution is 8.00. The molecule has 0 radical (unpaired) electrons.